The SMILES string of the molecule is CC(C)(SCCC(=O)OCCCNc1cc(-c2ccnc(Nc3cccc(Cl)c3)n2)ccn1)SCCC(=O)OCCCNc1cc(-c2ccnc(Nc3cccc(Cl)c3)n2)ccn1. The maximum Gasteiger partial charge on any atom is 0.306 e. The van der Waals surface area contributed by atoms with Crippen molar-refractivity contribution >= 4 is 93.6 Å². The lowest BCUT2D eigenvalue weighted by atomic mass is 10.2. The molecular formula is C45H48Cl2N10O4S2. The van der Waals surface area contributed by atoms with Crippen LogP contribution in [0.25, 0.3) is 22.5 Å². The van der Waals surface area contributed by atoms with Gasteiger partial charge in [-0.2, -0.15) is 0 Å². The minimum atomic E-state index is -0.237. The molecule has 0 amide bonds. The maximum atomic E-state index is 12.4. The van der Waals surface area contributed by atoms with Crippen molar-refractivity contribution in [3.63, 3.8) is 0 Å². The van der Waals surface area contributed by atoms with E-state index in [2.05, 4.69) is 65.0 Å². The highest BCUT2D eigenvalue weighted by molar-refractivity contribution is 8.18. The fourth-order valence-corrected chi connectivity index (χ4v) is 8.55. The van der Waals surface area contributed by atoms with E-state index in [1.54, 1.807) is 72.6 Å². The number of ether oxygens (including phenoxy) is 2. The lowest BCUT2D eigenvalue weighted by Gasteiger charge is -2.23. The predicted octanol–water partition coefficient (Wildman–Crippen LogP) is 10.6. The molecule has 14 nitrogen and oxygen atoms in total. The van der Waals surface area contributed by atoms with Gasteiger partial charge in [-0.25, -0.2) is 29.9 Å². The average Bonchev–Trinajstić information content (AvgIpc) is 3.26. The number of benzene rings is 2. The van der Waals surface area contributed by atoms with Gasteiger partial charge in [-0.1, -0.05) is 35.3 Å². The maximum absolute atomic E-state index is 12.4. The van der Waals surface area contributed by atoms with Gasteiger partial charge in [-0.3, -0.25) is 9.59 Å². The van der Waals surface area contributed by atoms with Crippen molar-refractivity contribution in [2.75, 3.05) is 59.1 Å². The van der Waals surface area contributed by atoms with Gasteiger partial charge in [0.25, 0.3) is 0 Å². The Morgan fingerprint density at radius 1 is 0.603 bits per heavy atom. The summed E-state index contributed by atoms with van der Waals surface area (Å²) in [6.45, 7) is 5.94. The second kappa shape index (κ2) is 24.2. The lowest BCUT2D eigenvalue weighted by Crippen LogP contribution is -2.16. The van der Waals surface area contributed by atoms with Gasteiger partial charge >= 0.3 is 11.9 Å². The quantitative estimate of drug-likeness (QED) is 0.0256. The molecule has 0 aliphatic rings. The van der Waals surface area contributed by atoms with Crippen molar-refractivity contribution in [1.82, 2.24) is 29.9 Å². The summed E-state index contributed by atoms with van der Waals surface area (Å²) in [5.74, 6) is 3.04. The zero-order valence-corrected chi connectivity index (χ0v) is 38.0. The van der Waals surface area contributed by atoms with Crippen molar-refractivity contribution in [3.05, 3.63) is 120 Å². The van der Waals surface area contributed by atoms with E-state index in [1.165, 1.54) is 0 Å². The Bertz CT molecular complexity index is 2270. The highest BCUT2D eigenvalue weighted by Gasteiger charge is 2.20. The summed E-state index contributed by atoms with van der Waals surface area (Å²) in [7, 11) is 0. The van der Waals surface area contributed by atoms with Crippen LogP contribution in [0.1, 0.15) is 39.5 Å². The average molecular weight is 928 g/mol. The number of rotatable bonds is 24. The van der Waals surface area contributed by atoms with Crippen LogP contribution < -0.4 is 21.3 Å². The van der Waals surface area contributed by atoms with E-state index in [9.17, 15) is 9.59 Å². The van der Waals surface area contributed by atoms with E-state index in [0.717, 1.165) is 33.9 Å². The number of esters is 2. The van der Waals surface area contributed by atoms with Crippen LogP contribution in [0.5, 0.6) is 0 Å². The Hall–Kier alpha value is -5.68. The minimum Gasteiger partial charge on any atom is -0.466 e. The topological polar surface area (TPSA) is 178 Å². The molecule has 6 rings (SSSR count). The predicted molar refractivity (Wildman–Crippen MR) is 256 cm³/mol. The fourth-order valence-electron chi connectivity index (χ4n) is 5.82. The molecule has 4 N–H and O–H groups in total. The molecule has 0 atom stereocenters. The number of hydrogen-bond acceptors (Lipinski definition) is 16. The van der Waals surface area contributed by atoms with Gasteiger partial charge in [-0.05, 0) is 99.5 Å². The number of halogens is 2. The third-order valence-electron chi connectivity index (χ3n) is 8.88. The van der Waals surface area contributed by atoms with Crippen molar-refractivity contribution in [2.24, 2.45) is 0 Å². The van der Waals surface area contributed by atoms with Crippen LogP contribution >= 0.6 is 46.7 Å². The summed E-state index contributed by atoms with van der Waals surface area (Å²) in [5, 5.41) is 14.2. The zero-order valence-electron chi connectivity index (χ0n) is 34.9. The monoisotopic (exact) mass is 926 g/mol. The van der Waals surface area contributed by atoms with Gasteiger partial charge in [0.15, 0.2) is 0 Å². The van der Waals surface area contributed by atoms with Crippen LogP contribution in [0.2, 0.25) is 10.0 Å². The molecule has 0 bridgehead atoms. The molecule has 0 aliphatic carbocycles. The second-order valence-corrected chi connectivity index (χ2v) is 18.8. The first-order valence-electron chi connectivity index (χ1n) is 20.3. The molecule has 0 spiro atoms. The number of nitrogens with one attached hydrogen (secondary N) is 4. The highest BCUT2D eigenvalue weighted by Crippen LogP contribution is 2.37. The van der Waals surface area contributed by atoms with Crippen molar-refractivity contribution in [1.29, 1.82) is 0 Å². The standard InChI is InChI=1S/C45H48Cl2N10O4S2/c1-45(2,62-25-15-41(58)60-23-5-17-48-39-27-31(11-19-50-39)37-13-21-52-43(56-37)54-35-9-3-7-33(46)29-35)63-26-16-42(59)61-24-6-18-49-40-28-32(12-20-51-40)38-14-22-53-44(57-38)55-36-10-4-8-34(47)30-36/h3-4,7-14,19-22,27-30H,5-6,15-18,23-26H2,1-2H3,(H,48,50)(H,49,51)(H,52,54,56)(H,53,55,57). The van der Waals surface area contributed by atoms with Crippen LogP contribution in [0.15, 0.2) is 110 Å². The van der Waals surface area contributed by atoms with Crippen LogP contribution in [-0.2, 0) is 19.1 Å². The lowest BCUT2D eigenvalue weighted by molar-refractivity contribution is -0.144. The molecule has 2 aromatic carbocycles. The molecule has 0 saturated heterocycles. The number of thioether (sulfide) groups is 2. The van der Waals surface area contributed by atoms with Gasteiger partial charge in [0.05, 0.1) is 41.5 Å². The Morgan fingerprint density at radius 2 is 1.05 bits per heavy atom. The summed E-state index contributed by atoms with van der Waals surface area (Å²) in [6.07, 6.45) is 8.69. The van der Waals surface area contributed by atoms with Crippen LogP contribution in [0.4, 0.5) is 34.9 Å². The highest BCUT2D eigenvalue weighted by atomic mass is 35.5. The molecule has 0 fully saturated rings. The number of nitrogens with zero attached hydrogens (tertiary/aromatic N) is 6. The van der Waals surface area contributed by atoms with E-state index in [0.29, 0.717) is 97.1 Å². The van der Waals surface area contributed by atoms with Crippen LogP contribution in [-0.4, -0.2) is 83.7 Å². The van der Waals surface area contributed by atoms with E-state index in [1.807, 2.05) is 60.7 Å². The summed E-state index contributed by atoms with van der Waals surface area (Å²) < 4.78 is 10.7. The molecule has 328 valence electrons. The Balaban J connectivity index is 0.791. The molecular weight excluding hydrogens is 880 g/mol. The van der Waals surface area contributed by atoms with E-state index in [4.69, 9.17) is 32.7 Å². The van der Waals surface area contributed by atoms with E-state index in [-0.39, 0.29) is 16.0 Å². The Labute approximate surface area is 385 Å². The van der Waals surface area contributed by atoms with Crippen LogP contribution in [0.3, 0.4) is 0 Å². The van der Waals surface area contributed by atoms with E-state index < -0.39 is 0 Å². The van der Waals surface area contributed by atoms with Crippen molar-refractivity contribution < 1.29 is 19.1 Å². The van der Waals surface area contributed by atoms with Gasteiger partial charge < -0.3 is 30.7 Å². The Morgan fingerprint density at radius 3 is 1.49 bits per heavy atom. The fraction of sp³-hybridized carbons (Fsp3) is 0.289. The number of anilines is 6. The first-order chi connectivity index (χ1) is 30.6. The van der Waals surface area contributed by atoms with Gasteiger partial charge in [0, 0.05) is 81.9 Å². The van der Waals surface area contributed by atoms with Gasteiger partial charge in [0.1, 0.15) is 11.6 Å². The first kappa shape index (κ1) is 46.8. The first-order valence-corrected chi connectivity index (χ1v) is 23.0. The molecule has 4 aromatic heterocycles. The summed E-state index contributed by atoms with van der Waals surface area (Å²) in [6, 6.07) is 26.0. The smallest absolute Gasteiger partial charge is 0.306 e. The molecule has 4 heterocycles. The van der Waals surface area contributed by atoms with Crippen LogP contribution in [0, 0.1) is 0 Å². The molecule has 0 radical (unpaired) electrons. The number of carbonyl (C=O) groups excluding carboxylic acids is 2. The molecule has 63 heavy (non-hydrogen) atoms. The molecule has 18 heteroatoms. The second-order valence-electron chi connectivity index (χ2n) is 14.3. The molecule has 0 saturated carbocycles. The third kappa shape index (κ3) is 16.5. The third-order valence-corrected chi connectivity index (χ3v) is 12.3. The number of hydrogen-bond donors (Lipinski definition) is 4. The zero-order chi connectivity index (χ0) is 44.3. The summed E-state index contributed by atoms with van der Waals surface area (Å²) in [5.41, 5.74) is 4.83. The number of pyridine rings is 2. The molecule has 0 aliphatic heterocycles. The normalized spacial score (nSPS) is 11.1. The largest absolute Gasteiger partial charge is 0.466 e. The number of aromatic nitrogens is 6. The molecule has 6 aromatic rings. The van der Waals surface area contributed by atoms with Gasteiger partial charge in [0.2, 0.25) is 11.9 Å². The molecule has 0 unspecified atom stereocenters. The minimum absolute atomic E-state index is 0.183. The van der Waals surface area contributed by atoms with Crippen molar-refractivity contribution in [3.8, 4) is 22.5 Å². The summed E-state index contributed by atoms with van der Waals surface area (Å²) >= 11 is 15.5. The Kier molecular flexibility index (Phi) is 18.0. The van der Waals surface area contributed by atoms with E-state index >= 15 is 0 Å². The number of carbonyl (C=O) groups is 2. The van der Waals surface area contributed by atoms with Crippen molar-refractivity contribution in [2.45, 2.75) is 43.6 Å². The van der Waals surface area contributed by atoms with Gasteiger partial charge in [-0.15, -0.1) is 23.5 Å². The summed E-state index contributed by atoms with van der Waals surface area (Å²) in [4.78, 5) is 51.5.